The summed E-state index contributed by atoms with van der Waals surface area (Å²) < 4.78 is 30.5. The highest BCUT2D eigenvalue weighted by Crippen LogP contribution is 2.30. The summed E-state index contributed by atoms with van der Waals surface area (Å²) in [6.07, 6.45) is 4.65. The monoisotopic (exact) mass is 309 g/mol. The topological polar surface area (TPSA) is 102 Å². The SMILES string of the molecule is CC(C)S(=O)(=O)N1CC(c2nc(-c3cnccn3)no2)C1. The molecule has 0 radical (unpaired) electrons. The van der Waals surface area contributed by atoms with Crippen molar-refractivity contribution < 1.29 is 12.9 Å². The molecule has 0 spiro atoms. The van der Waals surface area contributed by atoms with Crippen LogP contribution in [0.4, 0.5) is 0 Å². The molecule has 2 aromatic heterocycles. The quantitative estimate of drug-likeness (QED) is 0.817. The van der Waals surface area contributed by atoms with Gasteiger partial charge in [-0.3, -0.25) is 4.98 Å². The molecule has 0 atom stereocenters. The lowest BCUT2D eigenvalue weighted by Gasteiger charge is -2.36. The summed E-state index contributed by atoms with van der Waals surface area (Å²) in [4.78, 5) is 12.3. The highest BCUT2D eigenvalue weighted by Gasteiger charge is 2.40. The molecular formula is C12H15N5O3S. The van der Waals surface area contributed by atoms with Crippen molar-refractivity contribution in [3.05, 3.63) is 24.5 Å². The van der Waals surface area contributed by atoms with Crippen molar-refractivity contribution in [3.8, 4) is 11.5 Å². The average molecular weight is 309 g/mol. The van der Waals surface area contributed by atoms with Gasteiger partial charge in [-0.15, -0.1) is 0 Å². The van der Waals surface area contributed by atoms with Crippen LogP contribution in [0.15, 0.2) is 23.1 Å². The fourth-order valence-corrected chi connectivity index (χ4v) is 3.39. The Morgan fingerprint density at radius 2 is 2.10 bits per heavy atom. The zero-order valence-corrected chi connectivity index (χ0v) is 12.5. The highest BCUT2D eigenvalue weighted by atomic mass is 32.2. The normalized spacial score (nSPS) is 17.1. The fourth-order valence-electron chi connectivity index (χ4n) is 2.02. The molecule has 9 heteroatoms. The summed E-state index contributed by atoms with van der Waals surface area (Å²) in [5.41, 5.74) is 0.526. The van der Waals surface area contributed by atoms with E-state index in [1.165, 1.54) is 4.31 Å². The summed E-state index contributed by atoms with van der Waals surface area (Å²) in [7, 11) is -3.21. The van der Waals surface area contributed by atoms with Gasteiger partial charge in [0.25, 0.3) is 0 Å². The third-order valence-corrected chi connectivity index (χ3v) is 5.60. The van der Waals surface area contributed by atoms with Crippen LogP contribution in [0.1, 0.15) is 25.7 Å². The maximum absolute atomic E-state index is 12.0. The van der Waals surface area contributed by atoms with Crippen molar-refractivity contribution in [1.82, 2.24) is 24.4 Å². The Morgan fingerprint density at radius 3 is 2.71 bits per heavy atom. The summed E-state index contributed by atoms with van der Waals surface area (Å²) in [6.45, 7) is 4.09. The largest absolute Gasteiger partial charge is 0.339 e. The number of rotatable bonds is 4. The first-order valence-corrected chi connectivity index (χ1v) is 8.07. The molecule has 21 heavy (non-hydrogen) atoms. The van der Waals surface area contributed by atoms with Gasteiger partial charge in [-0.2, -0.15) is 4.98 Å². The van der Waals surface area contributed by atoms with Crippen LogP contribution in [0.3, 0.4) is 0 Å². The molecule has 3 rings (SSSR count). The third kappa shape index (κ3) is 2.54. The van der Waals surface area contributed by atoms with Gasteiger partial charge in [-0.1, -0.05) is 5.16 Å². The van der Waals surface area contributed by atoms with Crippen molar-refractivity contribution in [3.63, 3.8) is 0 Å². The second kappa shape index (κ2) is 5.15. The lowest BCUT2D eigenvalue weighted by molar-refractivity contribution is 0.215. The molecule has 0 unspecified atom stereocenters. The summed E-state index contributed by atoms with van der Waals surface area (Å²) in [6, 6.07) is 0. The zero-order valence-electron chi connectivity index (χ0n) is 11.7. The summed E-state index contributed by atoms with van der Waals surface area (Å²) >= 11 is 0. The standard InChI is InChI=1S/C12H15N5O3S/c1-8(2)21(18,19)17-6-9(7-17)12-15-11(16-20-12)10-5-13-3-4-14-10/h3-5,8-9H,6-7H2,1-2H3. The molecule has 1 saturated heterocycles. The maximum atomic E-state index is 12.0. The van der Waals surface area contributed by atoms with E-state index in [4.69, 9.17) is 4.52 Å². The molecule has 1 aliphatic rings. The molecule has 0 aliphatic carbocycles. The molecular weight excluding hydrogens is 294 g/mol. The van der Waals surface area contributed by atoms with Gasteiger partial charge in [0.15, 0.2) is 0 Å². The minimum absolute atomic E-state index is 0.0588. The van der Waals surface area contributed by atoms with E-state index in [0.717, 1.165) is 0 Å². The van der Waals surface area contributed by atoms with E-state index in [2.05, 4.69) is 20.1 Å². The number of hydrogen-bond acceptors (Lipinski definition) is 7. The molecule has 3 heterocycles. The van der Waals surface area contributed by atoms with E-state index in [1.807, 2.05) is 0 Å². The van der Waals surface area contributed by atoms with Crippen LogP contribution >= 0.6 is 0 Å². The molecule has 1 aliphatic heterocycles. The third-order valence-electron chi connectivity index (χ3n) is 3.39. The number of sulfonamides is 1. The molecule has 8 nitrogen and oxygen atoms in total. The van der Waals surface area contributed by atoms with Gasteiger partial charge in [0.2, 0.25) is 21.7 Å². The van der Waals surface area contributed by atoms with Crippen LogP contribution in [0.5, 0.6) is 0 Å². The van der Waals surface area contributed by atoms with Crippen molar-refractivity contribution in [2.24, 2.45) is 0 Å². The second-order valence-corrected chi connectivity index (χ2v) is 7.64. The van der Waals surface area contributed by atoms with Gasteiger partial charge >= 0.3 is 0 Å². The van der Waals surface area contributed by atoms with Crippen LogP contribution in [0.25, 0.3) is 11.5 Å². The van der Waals surface area contributed by atoms with Gasteiger partial charge in [-0.25, -0.2) is 17.7 Å². The van der Waals surface area contributed by atoms with Crippen LogP contribution in [-0.4, -0.2) is 51.2 Å². The Kier molecular flexibility index (Phi) is 3.46. The van der Waals surface area contributed by atoms with Gasteiger partial charge in [0.05, 0.1) is 17.4 Å². The van der Waals surface area contributed by atoms with Crippen LogP contribution < -0.4 is 0 Å². The number of nitrogens with zero attached hydrogens (tertiary/aromatic N) is 5. The predicted octanol–water partition coefficient (Wildman–Crippen LogP) is 0.664. The number of hydrogen-bond donors (Lipinski definition) is 0. The second-order valence-electron chi connectivity index (χ2n) is 5.15. The molecule has 0 bridgehead atoms. The zero-order chi connectivity index (χ0) is 15.0. The molecule has 112 valence electrons. The van der Waals surface area contributed by atoms with E-state index in [1.54, 1.807) is 32.4 Å². The Hall–Kier alpha value is -1.87. The van der Waals surface area contributed by atoms with E-state index in [9.17, 15) is 8.42 Å². The Labute approximate surface area is 122 Å². The maximum Gasteiger partial charge on any atom is 0.232 e. The Balaban J connectivity index is 1.70. The van der Waals surface area contributed by atoms with E-state index >= 15 is 0 Å². The van der Waals surface area contributed by atoms with Crippen molar-refractivity contribution in [2.45, 2.75) is 25.0 Å². The highest BCUT2D eigenvalue weighted by molar-refractivity contribution is 7.89. The van der Waals surface area contributed by atoms with Gasteiger partial charge < -0.3 is 4.52 Å². The number of aromatic nitrogens is 4. The van der Waals surface area contributed by atoms with E-state index in [-0.39, 0.29) is 5.92 Å². The Morgan fingerprint density at radius 1 is 1.33 bits per heavy atom. The average Bonchev–Trinajstić information content (AvgIpc) is 2.87. The lowest BCUT2D eigenvalue weighted by atomic mass is 10.0. The van der Waals surface area contributed by atoms with Crippen molar-refractivity contribution >= 4 is 10.0 Å². The van der Waals surface area contributed by atoms with Gasteiger partial charge in [-0.05, 0) is 13.8 Å². The molecule has 0 saturated carbocycles. The predicted molar refractivity (Wildman–Crippen MR) is 73.7 cm³/mol. The van der Waals surface area contributed by atoms with Crippen LogP contribution in [-0.2, 0) is 10.0 Å². The fraction of sp³-hybridized carbons (Fsp3) is 0.500. The molecule has 0 amide bonds. The smallest absolute Gasteiger partial charge is 0.232 e. The minimum Gasteiger partial charge on any atom is -0.339 e. The van der Waals surface area contributed by atoms with E-state index in [0.29, 0.717) is 30.5 Å². The first-order chi connectivity index (χ1) is 9.98. The Bertz CT molecular complexity index is 722. The van der Waals surface area contributed by atoms with Crippen LogP contribution in [0, 0.1) is 0 Å². The summed E-state index contributed by atoms with van der Waals surface area (Å²) in [5.74, 6) is 0.741. The van der Waals surface area contributed by atoms with Crippen molar-refractivity contribution in [1.29, 1.82) is 0 Å². The minimum atomic E-state index is -3.21. The molecule has 1 fully saturated rings. The molecule has 0 aromatic carbocycles. The molecule has 2 aromatic rings. The summed E-state index contributed by atoms with van der Waals surface area (Å²) in [5, 5.41) is 3.43. The van der Waals surface area contributed by atoms with E-state index < -0.39 is 15.3 Å². The van der Waals surface area contributed by atoms with Gasteiger partial charge in [0.1, 0.15) is 5.69 Å². The van der Waals surface area contributed by atoms with Gasteiger partial charge in [0, 0.05) is 25.5 Å². The van der Waals surface area contributed by atoms with Crippen molar-refractivity contribution in [2.75, 3.05) is 13.1 Å². The first kappa shape index (κ1) is 14.1. The first-order valence-electron chi connectivity index (χ1n) is 6.57. The molecule has 0 N–H and O–H groups in total. The lowest BCUT2D eigenvalue weighted by Crippen LogP contribution is -2.50. The van der Waals surface area contributed by atoms with Crippen LogP contribution in [0.2, 0.25) is 0 Å².